The Morgan fingerprint density at radius 2 is 1.76 bits per heavy atom. The second-order valence-corrected chi connectivity index (χ2v) is 3.75. The van der Waals surface area contributed by atoms with Crippen LogP contribution in [-0.4, -0.2) is 16.5 Å². The van der Waals surface area contributed by atoms with Gasteiger partial charge in [-0.3, -0.25) is 0 Å². The minimum Gasteiger partial charge on any atom is -0.341 e. The second kappa shape index (κ2) is 5.28. The summed E-state index contributed by atoms with van der Waals surface area (Å²) in [5.41, 5.74) is 1.91. The molecule has 2 rings (SSSR count). The highest BCUT2D eigenvalue weighted by Crippen LogP contribution is 2.20. The van der Waals surface area contributed by atoms with Crippen LogP contribution in [0, 0.1) is 11.3 Å². The number of nitriles is 1. The molecule has 17 heavy (non-hydrogen) atoms. The maximum absolute atomic E-state index is 8.41. The van der Waals surface area contributed by atoms with E-state index in [2.05, 4.69) is 15.3 Å². The van der Waals surface area contributed by atoms with Gasteiger partial charge >= 0.3 is 0 Å². The average molecular weight is 245 g/mol. The summed E-state index contributed by atoms with van der Waals surface area (Å²) in [4.78, 5) is 8.22. The molecular formula is C12H9ClN4. The number of aromatic nitrogens is 2. The number of halogens is 1. The molecule has 84 valence electrons. The second-order valence-electron chi connectivity index (χ2n) is 3.31. The molecule has 0 aliphatic carbocycles. The number of nitrogens with one attached hydrogen (secondary N) is 1. The van der Waals surface area contributed by atoms with Gasteiger partial charge in [0.1, 0.15) is 6.54 Å². The lowest BCUT2D eigenvalue weighted by molar-refractivity contribution is 1.12. The molecule has 1 aromatic heterocycles. The third-order valence-electron chi connectivity index (χ3n) is 2.15. The summed E-state index contributed by atoms with van der Waals surface area (Å²) in [5.74, 6) is 0.448. The molecule has 0 amide bonds. The molecule has 0 aliphatic heterocycles. The molecule has 1 N–H and O–H groups in total. The van der Waals surface area contributed by atoms with E-state index in [1.54, 1.807) is 12.4 Å². The van der Waals surface area contributed by atoms with Crippen LogP contribution in [0.15, 0.2) is 36.7 Å². The SMILES string of the molecule is N#CCNc1ncc(-c2ccc(Cl)cc2)cn1. The third-order valence-corrected chi connectivity index (χ3v) is 2.41. The van der Waals surface area contributed by atoms with E-state index in [4.69, 9.17) is 16.9 Å². The first-order chi connectivity index (χ1) is 8.29. The van der Waals surface area contributed by atoms with Crippen LogP contribution in [0.1, 0.15) is 0 Å². The van der Waals surface area contributed by atoms with Crippen LogP contribution in [-0.2, 0) is 0 Å². The van der Waals surface area contributed by atoms with Crippen LogP contribution in [0.2, 0.25) is 5.02 Å². The van der Waals surface area contributed by atoms with Crippen molar-refractivity contribution in [3.05, 3.63) is 41.7 Å². The first-order valence-electron chi connectivity index (χ1n) is 4.98. The van der Waals surface area contributed by atoms with Crippen molar-refractivity contribution in [3.63, 3.8) is 0 Å². The smallest absolute Gasteiger partial charge is 0.223 e. The molecule has 0 saturated heterocycles. The van der Waals surface area contributed by atoms with Crippen molar-refractivity contribution < 1.29 is 0 Å². The normalized spacial score (nSPS) is 9.65. The van der Waals surface area contributed by atoms with Crippen LogP contribution in [0.3, 0.4) is 0 Å². The molecule has 1 heterocycles. The lowest BCUT2D eigenvalue weighted by atomic mass is 10.1. The predicted molar refractivity (Wildman–Crippen MR) is 66.6 cm³/mol. The Labute approximate surface area is 104 Å². The van der Waals surface area contributed by atoms with Gasteiger partial charge in [0.2, 0.25) is 5.95 Å². The zero-order valence-electron chi connectivity index (χ0n) is 8.89. The van der Waals surface area contributed by atoms with Crippen molar-refractivity contribution in [2.75, 3.05) is 11.9 Å². The zero-order valence-corrected chi connectivity index (χ0v) is 9.65. The van der Waals surface area contributed by atoms with Gasteiger partial charge in [0.25, 0.3) is 0 Å². The number of anilines is 1. The highest BCUT2D eigenvalue weighted by atomic mass is 35.5. The van der Waals surface area contributed by atoms with Gasteiger partial charge in [0, 0.05) is 23.0 Å². The maximum Gasteiger partial charge on any atom is 0.223 e. The molecule has 0 atom stereocenters. The summed E-state index contributed by atoms with van der Waals surface area (Å²) >= 11 is 5.81. The average Bonchev–Trinajstić information content (AvgIpc) is 2.38. The highest BCUT2D eigenvalue weighted by Gasteiger charge is 2.00. The molecule has 0 bridgehead atoms. The molecule has 2 aromatic rings. The number of nitrogens with zero attached hydrogens (tertiary/aromatic N) is 3. The standard InChI is InChI=1S/C12H9ClN4/c13-11-3-1-9(2-4-11)10-7-16-12(17-8-10)15-6-5-14/h1-4,7-8H,6H2,(H,15,16,17). The van der Waals surface area contributed by atoms with E-state index < -0.39 is 0 Å². The molecule has 0 fully saturated rings. The van der Waals surface area contributed by atoms with E-state index in [1.807, 2.05) is 30.3 Å². The molecule has 0 saturated carbocycles. The van der Waals surface area contributed by atoms with Crippen molar-refractivity contribution >= 4 is 17.5 Å². The van der Waals surface area contributed by atoms with Gasteiger partial charge in [-0.15, -0.1) is 0 Å². The Morgan fingerprint density at radius 3 is 2.35 bits per heavy atom. The zero-order chi connectivity index (χ0) is 12.1. The maximum atomic E-state index is 8.41. The molecule has 0 spiro atoms. The third kappa shape index (κ3) is 2.92. The molecular weight excluding hydrogens is 236 g/mol. The predicted octanol–water partition coefficient (Wildman–Crippen LogP) is 2.73. The first-order valence-corrected chi connectivity index (χ1v) is 5.36. The lowest BCUT2D eigenvalue weighted by Crippen LogP contribution is -2.02. The van der Waals surface area contributed by atoms with E-state index in [1.165, 1.54) is 0 Å². The van der Waals surface area contributed by atoms with Crippen LogP contribution in [0.5, 0.6) is 0 Å². The number of hydrogen-bond acceptors (Lipinski definition) is 4. The largest absolute Gasteiger partial charge is 0.341 e. The molecule has 4 nitrogen and oxygen atoms in total. The van der Waals surface area contributed by atoms with Gasteiger partial charge in [-0.05, 0) is 17.7 Å². The van der Waals surface area contributed by atoms with E-state index in [0.717, 1.165) is 11.1 Å². The van der Waals surface area contributed by atoms with Crippen molar-refractivity contribution in [2.45, 2.75) is 0 Å². The minimum absolute atomic E-state index is 0.195. The van der Waals surface area contributed by atoms with E-state index in [0.29, 0.717) is 11.0 Å². The molecule has 0 unspecified atom stereocenters. The fourth-order valence-corrected chi connectivity index (χ4v) is 1.46. The minimum atomic E-state index is 0.195. The number of rotatable bonds is 3. The van der Waals surface area contributed by atoms with E-state index >= 15 is 0 Å². The summed E-state index contributed by atoms with van der Waals surface area (Å²) in [5, 5.41) is 11.9. The molecule has 5 heteroatoms. The first kappa shape index (κ1) is 11.4. The highest BCUT2D eigenvalue weighted by molar-refractivity contribution is 6.30. The van der Waals surface area contributed by atoms with Gasteiger partial charge < -0.3 is 5.32 Å². The number of benzene rings is 1. The summed E-state index contributed by atoms with van der Waals surface area (Å²) in [7, 11) is 0. The summed E-state index contributed by atoms with van der Waals surface area (Å²) in [6, 6.07) is 9.41. The molecule has 0 aliphatic rings. The monoisotopic (exact) mass is 244 g/mol. The van der Waals surface area contributed by atoms with Crippen LogP contribution < -0.4 is 5.32 Å². The van der Waals surface area contributed by atoms with Gasteiger partial charge in [-0.1, -0.05) is 23.7 Å². The van der Waals surface area contributed by atoms with Gasteiger partial charge in [-0.2, -0.15) is 5.26 Å². The molecule has 1 aromatic carbocycles. The van der Waals surface area contributed by atoms with Crippen LogP contribution in [0.25, 0.3) is 11.1 Å². The summed E-state index contributed by atoms with van der Waals surface area (Å²) < 4.78 is 0. The fraction of sp³-hybridized carbons (Fsp3) is 0.0833. The Balaban J connectivity index is 2.18. The van der Waals surface area contributed by atoms with Crippen molar-refractivity contribution in [1.82, 2.24) is 9.97 Å². The van der Waals surface area contributed by atoms with E-state index in [9.17, 15) is 0 Å². The topological polar surface area (TPSA) is 61.6 Å². The van der Waals surface area contributed by atoms with Crippen molar-refractivity contribution in [1.29, 1.82) is 5.26 Å². The van der Waals surface area contributed by atoms with Crippen molar-refractivity contribution in [3.8, 4) is 17.2 Å². The Morgan fingerprint density at radius 1 is 1.12 bits per heavy atom. The summed E-state index contributed by atoms with van der Waals surface area (Å²) in [6.07, 6.45) is 3.41. The molecule has 0 radical (unpaired) electrons. The van der Waals surface area contributed by atoms with E-state index in [-0.39, 0.29) is 6.54 Å². The quantitative estimate of drug-likeness (QED) is 0.844. The fourth-order valence-electron chi connectivity index (χ4n) is 1.33. The van der Waals surface area contributed by atoms with Gasteiger partial charge in [0.05, 0.1) is 6.07 Å². The van der Waals surface area contributed by atoms with Crippen LogP contribution in [0.4, 0.5) is 5.95 Å². The summed E-state index contributed by atoms with van der Waals surface area (Å²) in [6.45, 7) is 0.195. The van der Waals surface area contributed by atoms with Crippen molar-refractivity contribution in [2.24, 2.45) is 0 Å². The van der Waals surface area contributed by atoms with Gasteiger partial charge in [-0.25, -0.2) is 9.97 Å². The Bertz CT molecular complexity index is 528. The van der Waals surface area contributed by atoms with Gasteiger partial charge in [0.15, 0.2) is 0 Å². The van der Waals surface area contributed by atoms with Crippen LogP contribution >= 0.6 is 11.6 Å². The number of hydrogen-bond donors (Lipinski definition) is 1. The lowest BCUT2D eigenvalue weighted by Gasteiger charge is -2.03. The Kier molecular flexibility index (Phi) is 3.53. The Hall–Kier alpha value is -2.12.